The fourth-order valence-corrected chi connectivity index (χ4v) is 1.37. The van der Waals surface area contributed by atoms with E-state index in [9.17, 15) is 0 Å². The molecule has 0 aliphatic carbocycles. The molecule has 0 atom stereocenters. The summed E-state index contributed by atoms with van der Waals surface area (Å²) in [6, 6.07) is 9.34. The van der Waals surface area contributed by atoms with Crippen LogP contribution in [0.2, 0.25) is 0 Å². The lowest BCUT2D eigenvalue weighted by atomic mass is 10.1. The average Bonchev–Trinajstić information content (AvgIpc) is 2.43. The Bertz CT molecular complexity index is 548. The van der Waals surface area contributed by atoms with Crippen LogP contribution in [-0.4, -0.2) is 31.2 Å². The molecular weight excluding hydrogens is 236 g/mol. The van der Waals surface area contributed by atoms with Crippen LogP contribution >= 0.6 is 0 Å². The SMILES string of the molecule is C=C(N=C(CC)N=CN(C)C)c1cccc(C#N)c1. The standard InChI is InChI=1S/C15H18N4/c1-5-15(17-11-19(3)4)18-12(2)14-8-6-7-13(9-14)10-16/h6-9,11H,2,5H2,1,3-4H3. The fraction of sp³-hybridized carbons (Fsp3) is 0.267. The number of hydrogen-bond donors (Lipinski definition) is 0. The van der Waals surface area contributed by atoms with Crippen molar-refractivity contribution in [3.05, 3.63) is 42.0 Å². The van der Waals surface area contributed by atoms with Gasteiger partial charge in [0.2, 0.25) is 0 Å². The van der Waals surface area contributed by atoms with Crippen molar-refractivity contribution < 1.29 is 0 Å². The maximum absolute atomic E-state index is 8.87. The summed E-state index contributed by atoms with van der Waals surface area (Å²) in [5.41, 5.74) is 2.05. The Morgan fingerprint density at radius 2 is 2.21 bits per heavy atom. The van der Waals surface area contributed by atoms with Gasteiger partial charge in [-0.15, -0.1) is 0 Å². The molecule has 4 heteroatoms. The summed E-state index contributed by atoms with van der Waals surface area (Å²) in [6.07, 6.45) is 2.43. The van der Waals surface area contributed by atoms with Gasteiger partial charge in [0, 0.05) is 26.1 Å². The van der Waals surface area contributed by atoms with Gasteiger partial charge in [-0.05, 0) is 12.1 Å². The number of nitriles is 1. The lowest BCUT2D eigenvalue weighted by Crippen LogP contribution is -2.09. The van der Waals surface area contributed by atoms with Crippen molar-refractivity contribution in [2.24, 2.45) is 9.98 Å². The Balaban J connectivity index is 2.95. The molecule has 1 aromatic rings. The first-order valence-electron chi connectivity index (χ1n) is 6.04. The monoisotopic (exact) mass is 254 g/mol. The van der Waals surface area contributed by atoms with E-state index in [1.54, 1.807) is 18.5 Å². The van der Waals surface area contributed by atoms with Gasteiger partial charge in [0.25, 0.3) is 0 Å². The predicted octanol–water partition coefficient (Wildman–Crippen LogP) is 2.93. The fourth-order valence-electron chi connectivity index (χ4n) is 1.37. The summed E-state index contributed by atoms with van der Waals surface area (Å²) in [4.78, 5) is 10.5. The molecule has 0 saturated heterocycles. The van der Waals surface area contributed by atoms with Gasteiger partial charge in [0.05, 0.1) is 23.7 Å². The van der Waals surface area contributed by atoms with Crippen LogP contribution in [-0.2, 0) is 0 Å². The number of rotatable bonds is 4. The smallest absolute Gasteiger partial charge is 0.130 e. The van der Waals surface area contributed by atoms with Crippen LogP contribution in [0.15, 0.2) is 40.8 Å². The topological polar surface area (TPSA) is 51.8 Å². The van der Waals surface area contributed by atoms with E-state index >= 15 is 0 Å². The van der Waals surface area contributed by atoms with Gasteiger partial charge in [-0.1, -0.05) is 25.6 Å². The zero-order valence-electron chi connectivity index (χ0n) is 11.6. The largest absolute Gasteiger partial charge is 0.369 e. The van der Waals surface area contributed by atoms with Crippen molar-refractivity contribution >= 4 is 17.9 Å². The van der Waals surface area contributed by atoms with Crippen LogP contribution in [0, 0.1) is 11.3 Å². The molecule has 0 bridgehead atoms. The van der Waals surface area contributed by atoms with Gasteiger partial charge in [-0.2, -0.15) is 5.26 Å². The molecule has 0 aromatic heterocycles. The van der Waals surface area contributed by atoms with E-state index < -0.39 is 0 Å². The normalized spacial score (nSPS) is 11.4. The van der Waals surface area contributed by atoms with Crippen molar-refractivity contribution in [1.82, 2.24) is 4.90 Å². The minimum Gasteiger partial charge on any atom is -0.369 e. The highest BCUT2D eigenvalue weighted by atomic mass is 15.1. The highest BCUT2D eigenvalue weighted by molar-refractivity contribution is 5.92. The summed E-state index contributed by atoms with van der Waals surface area (Å²) in [5, 5.41) is 8.87. The zero-order valence-corrected chi connectivity index (χ0v) is 11.6. The molecule has 0 aliphatic rings. The number of nitrogens with zero attached hydrogens (tertiary/aromatic N) is 4. The van der Waals surface area contributed by atoms with E-state index in [2.05, 4.69) is 22.6 Å². The molecule has 4 nitrogen and oxygen atoms in total. The zero-order chi connectivity index (χ0) is 14.3. The Morgan fingerprint density at radius 3 is 2.79 bits per heavy atom. The second-order valence-electron chi connectivity index (χ2n) is 4.23. The Kier molecular flexibility index (Phi) is 5.49. The molecule has 0 N–H and O–H groups in total. The first-order chi connectivity index (χ1) is 9.06. The van der Waals surface area contributed by atoms with Crippen LogP contribution in [0.5, 0.6) is 0 Å². The molecule has 0 spiro atoms. The van der Waals surface area contributed by atoms with Gasteiger partial charge in [0.15, 0.2) is 0 Å². The van der Waals surface area contributed by atoms with Crippen LogP contribution in [0.1, 0.15) is 24.5 Å². The summed E-state index contributed by atoms with van der Waals surface area (Å²) < 4.78 is 0. The minimum atomic E-state index is 0.601. The van der Waals surface area contributed by atoms with Gasteiger partial charge in [0.1, 0.15) is 5.84 Å². The van der Waals surface area contributed by atoms with E-state index in [1.807, 2.05) is 38.1 Å². The maximum atomic E-state index is 8.87. The van der Waals surface area contributed by atoms with Crippen LogP contribution in [0.4, 0.5) is 0 Å². The Hall–Kier alpha value is -2.41. The third-order valence-corrected chi connectivity index (χ3v) is 2.34. The Morgan fingerprint density at radius 1 is 1.47 bits per heavy atom. The summed E-state index contributed by atoms with van der Waals surface area (Å²) in [5.74, 6) is 0.709. The van der Waals surface area contributed by atoms with Gasteiger partial charge < -0.3 is 4.90 Å². The first kappa shape index (κ1) is 14.7. The molecule has 98 valence electrons. The van der Waals surface area contributed by atoms with E-state index in [0.717, 1.165) is 12.0 Å². The molecule has 19 heavy (non-hydrogen) atoms. The highest BCUT2D eigenvalue weighted by Gasteiger charge is 2.00. The number of amidine groups is 1. The minimum absolute atomic E-state index is 0.601. The van der Waals surface area contributed by atoms with Crippen LogP contribution in [0.25, 0.3) is 5.70 Å². The van der Waals surface area contributed by atoms with Crippen LogP contribution < -0.4 is 0 Å². The molecule has 1 rings (SSSR count). The van der Waals surface area contributed by atoms with Crippen molar-refractivity contribution in [2.45, 2.75) is 13.3 Å². The number of hydrogen-bond acceptors (Lipinski definition) is 2. The third-order valence-electron chi connectivity index (χ3n) is 2.34. The van der Waals surface area contributed by atoms with Crippen molar-refractivity contribution in [1.29, 1.82) is 5.26 Å². The van der Waals surface area contributed by atoms with Gasteiger partial charge >= 0.3 is 0 Å². The highest BCUT2D eigenvalue weighted by Crippen LogP contribution is 2.16. The van der Waals surface area contributed by atoms with E-state index in [-0.39, 0.29) is 0 Å². The quantitative estimate of drug-likeness (QED) is 0.612. The summed E-state index contributed by atoms with van der Waals surface area (Å²) >= 11 is 0. The second kappa shape index (κ2) is 7.12. The van der Waals surface area contributed by atoms with E-state index in [4.69, 9.17) is 5.26 Å². The summed E-state index contributed by atoms with van der Waals surface area (Å²) in [6.45, 7) is 5.92. The first-order valence-corrected chi connectivity index (χ1v) is 6.04. The van der Waals surface area contributed by atoms with Gasteiger partial charge in [-0.3, -0.25) is 0 Å². The molecule has 0 heterocycles. The molecule has 0 saturated carbocycles. The summed E-state index contributed by atoms with van der Waals surface area (Å²) in [7, 11) is 3.81. The third kappa shape index (κ3) is 4.76. The number of benzene rings is 1. The van der Waals surface area contributed by atoms with Crippen LogP contribution in [0.3, 0.4) is 0 Å². The molecule has 0 aliphatic heterocycles. The maximum Gasteiger partial charge on any atom is 0.130 e. The number of aliphatic imine (C=N–C) groups is 2. The van der Waals surface area contributed by atoms with Crippen molar-refractivity contribution in [2.75, 3.05) is 14.1 Å². The lowest BCUT2D eigenvalue weighted by molar-refractivity contribution is 0.643. The van der Waals surface area contributed by atoms with Crippen molar-refractivity contribution in [3.63, 3.8) is 0 Å². The Labute approximate surface area is 114 Å². The molecule has 1 aromatic carbocycles. The lowest BCUT2D eigenvalue weighted by Gasteiger charge is -2.05. The molecule has 0 fully saturated rings. The predicted molar refractivity (Wildman–Crippen MR) is 80.1 cm³/mol. The van der Waals surface area contributed by atoms with E-state index in [0.29, 0.717) is 17.1 Å². The molecule has 0 radical (unpaired) electrons. The molecule has 0 amide bonds. The average molecular weight is 254 g/mol. The van der Waals surface area contributed by atoms with Crippen molar-refractivity contribution in [3.8, 4) is 6.07 Å². The van der Waals surface area contributed by atoms with E-state index in [1.165, 1.54) is 0 Å². The van der Waals surface area contributed by atoms with Gasteiger partial charge in [-0.25, -0.2) is 9.98 Å². The molecular formula is C15H18N4. The molecule has 0 unspecified atom stereocenters. The second-order valence-corrected chi connectivity index (χ2v) is 4.23.